The van der Waals surface area contributed by atoms with Crippen molar-refractivity contribution in [3.63, 3.8) is 0 Å². The minimum Gasteiger partial charge on any atom is -0.462 e. The molecule has 6 nitrogen and oxygen atoms in total. The van der Waals surface area contributed by atoms with Gasteiger partial charge in [-0.15, -0.1) is 11.3 Å². The van der Waals surface area contributed by atoms with Gasteiger partial charge in [0, 0.05) is 16.3 Å². The zero-order valence-corrected chi connectivity index (χ0v) is 20.5. The number of fused-ring (bicyclic) bond motifs is 1. The first-order valence-electron chi connectivity index (χ1n) is 10.8. The quantitative estimate of drug-likeness (QED) is 0.508. The second kappa shape index (κ2) is 9.28. The number of nitrogens with one attached hydrogen (secondary N) is 1. The first-order valence-corrected chi connectivity index (χ1v) is 11.6. The number of carbonyl (C=O) groups excluding carboxylic acids is 2. The smallest absolute Gasteiger partial charge is 0.341 e. The van der Waals surface area contributed by atoms with Gasteiger partial charge in [0.2, 0.25) is 5.91 Å². The van der Waals surface area contributed by atoms with Crippen molar-refractivity contribution >= 4 is 39.1 Å². The molecule has 1 N–H and O–H groups in total. The third kappa shape index (κ3) is 4.21. The van der Waals surface area contributed by atoms with Crippen LogP contribution < -0.4 is 10.9 Å². The molecule has 1 atom stereocenters. The van der Waals surface area contributed by atoms with Crippen LogP contribution in [-0.4, -0.2) is 23.1 Å². The molecule has 0 saturated carbocycles. The van der Waals surface area contributed by atoms with Crippen molar-refractivity contribution in [3.8, 4) is 0 Å². The van der Waals surface area contributed by atoms with Crippen molar-refractivity contribution in [1.82, 2.24) is 4.57 Å². The van der Waals surface area contributed by atoms with Crippen molar-refractivity contribution < 1.29 is 14.3 Å². The molecule has 1 aromatic carbocycles. The second-order valence-electron chi connectivity index (χ2n) is 8.13. The van der Waals surface area contributed by atoms with Crippen LogP contribution in [0.15, 0.2) is 23.0 Å². The number of amides is 1. The SMILES string of the molecule is CCOC(=O)c1c(NC(=O)C(CC)n2c(=O)cc(C)c3cc(C)cc(C)c32)sc(C)c1C. The highest BCUT2D eigenvalue weighted by Crippen LogP contribution is 2.34. The Morgan fingerprint density at radius 3 is 2.38 bits per heavy atom. The van der Waals surface area contributed by atoms with Crippen LogP contribution in [0.2, 0.25) is 0 Å². The number of rotatable bonds is 6. The van der Waals surface area contributed by atoms with Crippen LogP contribution in [0.25, 0.3) is 10.9 Å². The fourth-order valence-electron chi connectivity index (χ4n) is 4.18. The standard InChI is InChI=1S/C25H30N2O4S/c1-8-19(23(29)26-24-21(25(30)31-9-2)16(6)17(7)32-24)27-20(28)12-14(4)18-11-13(3)10-15(5)22(18)27/h10-12,19H,8-9H2,1-7H3,(H,26,29). The first-order chi connectivity index (χ1) is 15.1. The molecule has 0 aliphatic heterocycles. The summed E-state index contributed by atoms with van der Waals surface area (Å²) in [5.74, 6) is -0.784. The zero-order chi connectivity index (χ0) is 23.7. The average molecular weight is 455 g/mol. The van der Waals surface area contributed by atoms with Crippen LogP contribution in [0.1, 0.15) is 63.8 Å². The van der Waals surface area contributed by atoms with Crippen molar-refractivity contribution in [2.45, 2.75) is 60.9 Å². The van der Waals surface area contributed by atoms with Crippen LogP contribution in [-0.2, 0) is 9.53 Å². The van der Waals surface area contributed by atoms with E-state index in [4.69, 9.17) is 4.74 Å². The van der Waals surface area contributed by atoms with Gasteiger partial charge in [0.25, 0.3) is 5.56 Å². The monoisotopic (exact) mass is 454 g/mol. The Balaban J connectivity index is 2.11. The summed E-state index contributed by atoms with van der Waals surface area (Å²) in [6.45, 7) is 13.5. The van der Waals surface area contributed by atoms with Crippen LogP contribution in [0.4, 0.5) is 5.00 Å². The van der Waals surface area contributed by atoms with Gasteiger partial charge in [0.15, 0.2) is 0 Å². The number of esters is 1. The number of hydrogen-bond acceptors (Lipinski definition) is 5. The van der Waals surface area contributed by atoms with E-state index in [1.165, 1.54) is 11.3 Å². The van der Waals surface area contributed by atoms with Gasteiger partial charge in [-0.1, -0.05) is 18.6 Å². The topological polar surface area (TPSA) is 77.4 Å². The fourth-order valence-corrected chi connectivity index (χ4v) is 5.23. The van der Waals surface area contributed by atoms with Gasteiger partial charge in [-0.3, -0.25) is 14.2 Å². The van der Waals surface area contributed by atoms with E-state index in [0.717, 1.165) is 38.0 Å². The Kier molecular flexibility index (Phi) is 6.88. The number of carbonyl (C=O) groups is 2. The molecule has 1 unspecified atom stereocenters. The number of aryl methyl sites for hydroxylation is 4. The van der Waals surface area contributed by atoms with Gasteiger partial charge in [0.1, 0.15) is 11.0 Å². The predicted octanol–water partition coefficient (Wildman–Crippen LogP) is 5.37. The van der Waals surface area contributed by atoms with Crippen LogP contribution in [0, 0.1) is 34.6 Å². The van der Waals surface area contributed by atoms with Crippen molar-refractivity contribution in [3.05, 3.63) is 61.2 Å². The van der Waals surface area contributed by atoms with E-state index in [1.54, 1.807) is 17.6 Å². The average Bonchev–Trinajstić information content (AvgIpc) is 2.98. The molecule has 1 amide bonds. The maximum Gasteiger partial charge on any atom is 0.341 e. The summed E-state index contributed by atoms with van der Waals surface area (Å²) < 4.78 is 6.78. The maximum absolute atomic E-state index is 13.4. The number of hydrogen-bond donors (Lipinski definition) is 1. The van der Waals surface area contributed by atoms with Gasteiger partial charge in [-0.25, -0.2) is 4.79 Å². The number of aromatic nitrogens is 1. The van der Waals surface area contributed by atoms with Crippen molar-refractivity contribution in [2.24, 2.45) is 0 Å². The minimum absolute atomic E-state index is 0.215. The zero-order valence-electron chi connectivity index (χ0n) is 19.7. The van der Waals surface area contributed by atoms with Gasteiger partial charge < -0.3 is 10.1 Å². The highest BCUT2D eigenvalue weighted by atomic mass is 32.1. The summed E-state index contributed by atoms with van der Waals surface area (Å²) in [6, 6.07) is 4.93. The highest BCUT2D eigenvalue weighted by molar-refractivity contribution is 7.16. The molecule has 3 rings (SSSR count). The number of benzene rings is 1. The largest absolute Gasteiger partial charge is 0.462 e. The molecule has 0 fully saturated rings. The van der Waals surface area contributed by atoms with Crippen LogP contribution in [0.5, 0.6) is 0 Å². The third-order valence-corrected chi connectivity index (χ3v) is 6.91. The number of nitrogens with zero attached hydrogens (tertiary/aromatic N) is 1. The summed E-state index contributed by atoms with van der Waals surface area (Å²) in [5.41, 5.74) is 4.66. The number of thiophene rings is 1. The Morgan fingerprint density at radius 1 is 1.06 bits per heavy atom. The third-order valence-electron chi connectivity index (χ3n) is 5.79. The lowest BCUT2D eigenvalue weighted by Crippen LogP contribution is -2.33. The summed E-state index contributed by atoms with van der Waals surface area (Å²) >= 11 is 1.34. The minimum atomic E-state index is -0.718. The summed E-state index contributed by atoms with van der Waals surface area (Å²) in [4.78, 5) is 40.0. The summed E-state index contributed by atoms with van der Waals surface area (Å²) in [7, 11) is 0. The van der Waals surface area contributed by atoms with E-state index >= 15 is 0 Å². The molecular formula is C25H30N2O4S. The molecule has 3 aromatic rings. The van der Waals surface area contributed by atoms with Crippen molar-refractivity contribution in [1.29, 1.82) is 0 Å². The lowest BCUT2D eigenvalue weighted by molar-refractivity contribution is -0.119. The molecule has 0 spiro atoms. The normalized spacial score (nSPS) is 12.1. The maximum atomic E-state index is 13.4. The lowest BCUT2D eigenvalue weighted by atomic mass is 10.0. The van der Waals surface area contributed by atoms with Gasteiger partial charge in [0.05, 0.1) is 17.7 Å². The first kappa shape index (κ1) is 23.7. The van der Waals surface area contributed by atoms with Crippen LogP contribution >= 0.6 is 11.3 Å². The Hall–Kier alpha value is -2.93. The molecule has 2 heterocycles. The highest BCUT2D eigenvalue weighted by Gasteiger charge is 2.27. The molecule has 0 aliphatic rings. The molecular weight excluding hydrogens is 424 g/mol. The Morgan fingerprint density at radius 2 is 1.75 bits per heavy atom. The second-order valence-corrected chi connectivity index (χ2v) is 9.36. The summed E-state index contributed by atoms with van der Waals surface area (Å²) in [6.07, 6.45) is 0.426. The molecule has 32 heavy (non-hydrogen) atoms. The molecule has 0 aliphatic carbocycles. The Labute approximate surface area is 192 Å². The van der Waals surface area contributed by atoms with Gasteiger partial charge in [-0.05, 0) is 70.7 Å². The summed E-state index contributed by atoms with van der Waals surface area (Å²) in [5, 5.41) is 4.34. The van der Waals surface area contributed by atoms with Gasteiger partial charge >= 0.3 is 5.97 Å². The predicted molar refractivity (Wildman–Crippen MR) is 130 cm³/mol. The van der Waals surface area contributed by atoms with Crippen molar-refractivity contribution in [2.75, 3.05) is 11.9 Å². The molecule has 0 radical (unpaired) electrons. The number of anilines is 1. The van der Waals surface area contributed by atoms with Crippen LogP contribution in [0.3, 0.4) is 0 Å². The van der Waals surface area contributed by atoms with E-state index in [0.29, 0.717) is 17.0 Å². The number of pyridine rings is 1. The fraction of sp³-hybridized carbons (Fsp3) is 0.400. The van der Waals surface area contributed by atoms with E-state index < -0.39 is 12.0 Å². The molecule has 0 bridgehead atoms. The molecule has 170 valence electrons. The lowest BCUT2D eigenvalue weighted by Gasteiger charge is -2.22. The van der Waals surface area contributed by atoms with E-state index in [1.807, 2.05) is 53.7 Å². The van der Waals surface area contributed by atoms with E-state index in [9.17, 15) is 14.4 Å². The van der Waals surface area contributed by atoms with Gasteiger partial charge in [-0.2, -0.15) is 0 Å². The van der Waals surface area contributed by atoms with E-state index in [-0.39, 0.29) is 18.1 Å². The molecule has 0 saturated heterocycles. The van der Waals surface area contributed by atoms with E-state index in [2.05, 4.69) is 5.32 Å². The molecule has 7 heteroatoms. The Bertz CT molecular complexity index is 1270. The number of ether oxygens (including phenoxy) is 1. The molecule has 2 aromatic heterocycles.